The lowest BCUT2D eigenvalue weighted by Crippen LogP contribution is -2.36. The number of ether oxygens (including phenoxy) is 1. The molecule has 0 bridgehead atoms. The van der Waals surface area contributed by atoms with Gasteiger partial charge >= 0.3 is 5.97 Å². The Bertz CT molecular complexity index is 456. The lowest BCUT2D eigenvalue weighted by atomic mass is 9.75. The number of hydrogen-bond acceptors (Lipinski definition) is 4. The van der Waals surface area contributed by atoms with Crippen molar-refractivity contribution in [3.8, 4) is 0 Å². The molecule has 0 aromatic carbocycles. The van der Waals surface area contributed by atoms with Crippen molar-refractivity contribution in [2.24, 2.45) is 17.8 Å². The van der Waals surface area contributed by atoms with Crippen LogP contribution in [-0.4, -0.2) is 17.1 Å². The summed E-state index contributed by atoms with van der Waals surface area (Å²) in [4.78, 5) is 16.2. The van der Waals surface area contributed by atoms with Crippen LogP contribution in [0.25, 0.3) is 0 Å². The molecule has 3 atom stereocenters. The second-order valence-electron chi connectivity index (χ2n) is 6.25. The number of aromatic nitrogens is 1. The van der Waals surface area contributed by atoms with Crippen LogP contribution in [0.2, 0.25) is 0 Å². The summed E-state index contributed by atoms with van der Waals surface area (Å²) in [7, 11) is 0. The van der Waals surface area contributed by atoms with Gasteiger partial charge in [0.1, 0.15) is 11.8 Å². The molecule has 0 amide bonds. The van der Waals surface area contributed by atoms with Crippen LogP contribution in [0, 0.1) is 17.8 Å². The summed E-state index contributed by atoms with van der Waals surface area (Å²) in [5.74, 6) is 1.25. The van der Waals surface area contributed by atoms with E-state index in [0.29, 0.717) is 29.1 Å². The first-order chi connectivity index (χ1) is 9.47. The SMILES string of the molecule is CC1CCC(C(C)C)C(OC(=O)c2ccc(N)cn2)C1. The second-order valence-corrected chi connectivity index (χ2v) is 6.25. The molecule has 0 saturated heterocycles. The number of esters is 1. The van der Waals surface area contributed by atoms with Gasteiger partial charge in [0, 0.05) is 0 Å². The van der Waals surface area contributed by atoms with Gasteiger partial charge in [-0.1, -0.05) is 27.2 Å². The highest BCUT2D eigenvalue weighted by atomic mass is 16.5. The summed E-state index contributed by atoms with van der Waals surface area (Å²) < 4.78 is 5.72. The molecule has 0 radical (unpaired) electrons. The largest absolute Gasteiger partial charge is 0.457 e. The van der Waals surface area contributed by atoms with E-state index in [2.05, 4.69) is 25.8 Å². The van der Waals surface area contributed by atoms with Crippen molar-refractivity contribution >= 4 is 11.7 Å². The van der Waals surface area contributed by atoms with Crippen LogP contribution in [-0.2, 0) is 4.74 Å². The molecule has 1 aromatic rings. The summed E-state index contributed by atoms with van der Waals surface area (Å²) in [5.41, 5.74) is 6.46. The minimum atomic E-state index is -0.338. The van der Waals surface area contributed by atoms with Crippen LogP contribution in [0.1, 0.15) is 50.5 Å². The monoisotopic (exact) mass is 276 g/mol. The molecule has 1 aliphatic carbocycles. The fourth-order valence-electron chi connectivity index (χ4n) is 2.97. The van der Waals surface area contributed by atoms with Crippen molar-refractivity contribution in [1.29, 1.82) is 0 Å². The second kappa shape index (κ2) is 6.25. The van der Waals surface area contributed by atoms with Crippen molar-refractivity contribution < 1.29 is 9.53 Å². The van der Waals surface area contributed by atoms with Crippen LogP contribution < -0.4 is 5.73 Å². The highest BCUT2D eigenvalue weighted by Gasteiger charge is 2.33. The van der Waals surface area contributed by atoms with Gasteiger partial charge in [-0.25, -0.2) is 9.78 Å². The lowest BCUT2D eigenvalue weighted by Gasteiger charge is -2.36. The van der Waals surface area contributed by atoms with E-state index in [1.807, 2.05) is 0 Å². The first kappa shape index (κ1) is 14.8. The molecule has 4 nitrogen and oxygen atoms in total. The summed E-state index contributed by atoms with van der Waals surface area (Å²) in [5, 5.41) is 0. The zero-order chi connectivity index (χ0) is 14.7. The number of nitrogen functional groups attached to an aromatic ring is 1. The minimum Gasteiger partial charge on any atom is -0.457 e. The summed E-state index contributed by atoms with van der Waals surface area (Å²) in [6, 6.07) is 3.29. The zero-order valence-electron chi connectivity index (χ0n) is 12.5. The van der Waals surface area contributed by atoms with Gasteiger partial charge in [-0.15, -0.1) is 0 Å². The third-order valence-electron chi connectivity index (χ3n) is 4.22. The van der Waals surface area contributed by atoms with E-state index in [-0.39, 0.29) is 12.1 Å². The Morgan fingerprint density at radius 3 is 2.75 bits per heavy atom. The average molecular weight is 276 g/mol. The number of carbonyl (C=O) groups is 1. The highest BCUT2D eigenvalue weighted by molar-refractivity contribution is 5.87. The molecule has 2 rings (SSSR count). The van der Waals surface area contributed by atoms with Crippen LogP contribution in [0.5, 0.6) is 0 Å². The maximum atomic E-state index is 12.2. The van der Waals surface area contributed by atoms with E-state index in [1.54, 1.807) is 12.1 Å². The first-order valence-corrected chi connectivity index (χ1v) is 7.40. The maximum Gasteiger partial charge on any atom is 0.357 e. The quantitative estimate of drug-likeness (QED) is 0.860. The number of nitrogens with zero attached hydrogens (tertiary/aromatic N) is 1. The van der Waals surface area contributed by atoms with Gasteiger partial charge in [-0.2, -0.15) is 0 Å². The molecular weight excluding hydrogens is 252 g/mol. The summed E-state index contributed by atoms with van der Waals surface area (Å²) in [6.07, 6.45) is 4.79. The predicted octanol–water partition coefficient (Wildman–Crippen LogP) is 3.28. The van der Waals surface area contributed by atoms with E-state index in [4.69, 9.17) is 10.5 Å². The van der Waals surface area contributed by atoms with Gasteiger partial charge in [0.05, 0.1) is 11.9 Å². The normalized spacial score (nSPS) is 26.5. The third kappa shape index (κ3) is 3.50. The predicted molar refractivity (Wildman–Crippen MR) is 79.2 cm³/mol. The molecule has 4 heteroatoms. The average Bonchev–Trinajstić information content (AvgIpc) is 2.39. The topological polar surface area (TPSA) is 65.2 Å². The molecule has 3 unspecified atom stereocenters. The van der Waals surface area contributed by atoms with Crippen LogP contribution in [0.15, 0.2) is 18.3 Å². The number of anilines is 1. The molecule has 1 heterocycles. The molecule has 110 valence electrons. The highest BCUT2D eigenvalue weighted by Crippen LogP contribution is 2.35. The Kier molecular flexibility index (Phi) is 4.63. The number of nitrogens with two attached hydrogens (primary N) is 1. The Morgan fingerprint density at radius 2 is 2.15 bits per heavy atom. The molecular formula is C16H24N2O2. The number of carbonyl (C=O) groups excluding carboxylic acids is 1. The van der Waals surface area contributed by atoms with Crippen molar-refractivity contribution in [2.75, 3.05) is 5.73 Å². The van der Waals surface area contributed by atoms with Crippen LogP contribution in [0.3, 0.4) is 0 Å². The fraction of sp³-hybridized carbons (Fsp3) is 0.625. The van der Waals surface area contributed by atoms with E-state index in [1.165, 1.54) is 12.6 Å². The Labute approximate surface area is 120 Å². The van der Waals surface area contributed by atoms with E-state index < -0.39 is 0 Å². The fourth-order valence-corrected chi connectivity index (χ4v) is 2.97. The minimum absolute atomic E-state index is 0.00519. The Morgan fingerprint density at radius 1 is 1.40 bits per heavy atom. The van der Waals surface area contributed by atoms with Gasteiger partial charge in [0.25, 0.3) is 0 Å². The van der Waals surface area contributed by atoms with Gasteiger partial charge in [0.2, 0.25) is 0 Å². The van der Waals surface area contributed by atoms with E-state index in [0.717, 1.165) is 12.8 Å². The van der Waals surface area contributed by atoms with Crippen LogP contribution >= 0.6 is 0 Å². The van der Waals surface area contributed by atoms with Crippen LogP contribution in [0.4, 0.5) is 5.69 Å². The van der Waals surface area contributed by atoms with Gasteiger partial charge < -0.3 is 10.5 Å². The molecule has 20 heavy (non-hydrogen) atoms. The molecule has 1 saturated carbocycles. The van der Waals surface area contributed by atoms with Crippen molar-refractivity contribution in [3.05, 3.63) is 24.0 Å². The maximum absolute atomic E-state index is 12.2. The Balaban J connectivity index is 2.05. The third-order valence-corrected chi connectivity index (χ3v) is 4.22. The van der Waals surface area contributed by atoms with E-state index >= 15 is 0 Å². The van der Waals surface area contributed by atoms with Gasteiger partial charge in [-0.3, -0.25) is 0 Å². The first-order valence-electron chi connectivity index (χ1n) is 7.40. The molecule has 0 spiro atoms. The standard InChI is InChI=1S/C16H24N2O2/c1-10(2)13-6-4-11(3)8-15(13)20-16(19)14-7-5-12(17)9-18-14/h5,7,9-11,13,15H,4,6,8,17H2,1-3H3. The number of rotatable bonds is 3. The van der Waals surface area contributed by atoms with Gasteiger partial charge in [-0.05, 0) is 42.7 Å². The van der Waals surface area contributed by atoms with Crippen molar-refractivity contribution in [1.82, 2.24) is 4.98 Å². The smallest absolute Gasteiger partial charge is 0.357 e. The molecule has 1 aromatic heterocycles. The molecule has 2 N–H and O–H groups in total. The number of hydrogen-bond donors (Lipinski definition) is 1. The van der Waals surface area contributed by atoms with Crippen molar-refractivity contribution in [2.45, 2.75) is 46.1 Å². The molecule has 1 fully saturated rings. The lowest BCUT2D eigenvalue weighted by molar-refractivity contribution is -0.0179. The zero-order valence-corrected chi connectivity index (χ0v) is 12.5. The number of pyridine rings is 1. The molecule has 1 aliphatic rings. The summed E-state index contributed by atoms with van der Waals surface area (Å²) in [6.45, 7) is 6.62. The Hall–Kier alpha value is -1.58. The van der Waals surface area contributed by atoms with Crippen molar-refractivity contribution in [3.63, 3.8) is 0 Å². The van der Waals surface area contributed by atoms with E-state index in [9.17, 15) is 4.79 Å². The van der Waals surface area contributed by atoms with Gasteiger partial charge in [0.15, 0.2) is 0 Å². The summed E-state index contributed by atoms with van der Waals surface area (Å²) >= 11 is 0. The molecule has 0 aliphatic heterocycles.